The molecule has 0 bridgehead atoms. The first-order valence-electron chi connectivity index (χ1n) is 8.85. The van der Waals surface area contributed by atoms with Crippen LogP contribution in [0.25, 0.3) is 0 Å². The fourth-order valence-electron chi connectivity index (χ4n) is 3.93. The third kappa shape index (κ3) is 3.09. The third-order valence-corrected chi connectivity index (χ3v) is 5.42. The first-order chi connectivity index (χ1) is 12.3. The van der Waals surface area contributed by atoms with Crippen LogP contribution in [0.4, 0.5) is 5.69 Å². The van der Waals surface area contributed by atoms with Gasteiger partial charge in [-0.2, -0.15) is 0 Å². The average Bonchev–Trinajstić information content (AvgIpc) is 2.99. The largest absolute Gasteiger partial charge is 0.339 e. The Morgan fingerprint density at radius 3 is 2.52 bits per heavy atom. The van der Waals surface area contributed by atoms with Gasteiger partial charge in [-0.3, -0.25) is 4.79 Å². The molecular formula is C19H23N5O. The normalized spacial score (nSPS) is 20.0. The summed E-state index contributed by atoms with van der Waals surface area (Å²) in [5, 5.41) is 3.05. The molecular weight excluding hydrogens is 314 g/mol. The van der Waals surface area contributed by atoms with Crippen LogP contribution in [0.5, 0.6) is 0 Å². The number of likely N-dealkylation sites (tertiary alicyclic amines) is 1. The van der Waals surface area contributed by atoms with E-state index in [0.29, 0.717) is 6.67 Å². The number of anilines is 1. The molecule has 0 saturated carbocycles. The number of rotatable bonds is 4. The van der Waals surface area contributed by atoms with E-state index in [0.717, 1.165) is 50.1 Å². The maximum Gasteiger partial charge on any atom is 0.247 e. The molecule has 1 aromatic heterocycles. The Morgan fingerprint density at radius 2 is 1.80 bits per heavy atom. The van der Waals surface area contributed by atoms with Gasteiger partial charge >= 0.3 is 0 Å². The monoisotopic (exact) mass is 337 g/mol. The minimum atomic E-state index is -0.395. The van der Waals surface area contributed by atoms with Crippen LogP contribution in [-0.4, -0.2) is 52.6 Å². The van der Waals surface area contributed by atoms with Crippen LogP contribution in [-0.2, 0) is 11.2 Å². The van der Waals surface area contributed by atoms with Crippen molar-refractivity contribution in [1.82, 2.24) is 20.2 Å². The standard InChI is InChI=1S/C19H23N5O/c25-18-19(24(15-22-18)17-4-2-1-3-5-17)7-10-23(11-8-19)9-6-16-12-20-14-21-13-16/h1-5,12-14H,6-11,15H2,(H,22,25). The quantitative estimate of drug-likeness (QED) is 0.915. The lowest BCUT2D eigenvalue weighted by Gasteiger charge is -2.43. The highest BCUT2D eigenvalue weighted by molar-refractivity contribution is 5.93. The van der Waals surface area contributed by atoms with Crippen LogP contribution >= 0.6 is 0 Å². The molecule has 2 saturated heterocycles. The van der Waals surface area contributed by atoms with Crippen LogP contribution in [0, 0.1) is 0 Å². The topological polar surface area (TPSA) is 61.4 Å². The Balaban J connectivity index is 1.41. The molecule has 6 nitrogen and oxygen atoms in total. The number of benzene rings is 1. The second-order valence-corrected chi connectivity index (χ2v) is 6.80. The van der Waals surface area contributed by atoms with Crippen molar-refractivity contribution in [1.29, 1.82) is 0 Å². The summed E-state index contributed by atoms with van der Waals surface area (Å²) in [6, 6.07) is 10.2. The van der Waals surface area contributed by atoms with Gasteiger partial charge in [-0.1, -0.05) is 18.2 Å². The summed E-state index contributed by atoms with van der Waals surface area (Å²) in [5.74, 6) is 0.174. The second kappa shape index (κ2) is 6.80. The lowest BCUT2D eigenvalue weighted by atomic mass is 9.85. The summed E-state index contributed by atoms with van der Waals surface area (Å²) in [6.07, 6.45) is 7.98. The van der Waals surface area contributed by atoms with Crippen LogP contribution in [0.15, 0.2) is 49.1 Å². The maximum absolute atomic E-state index is 12.6. The summed E-state index contributed by atoms with van der Waals surface area (Å²) >= 11 is 0. The SMILES string of the molecule is O=C1NCN(c2ccccc2)C12CCN(CCc1cncnc1)CC2. The zero-order valence-electron chi connectivity index (χ0n) is 14.3. The number of amides is 1. The zero-order valence-corrected chi connectivity index (χ0v) is 14.3. The van der Waals surface area contributed by atoms with Gasteiger partial charge in [0.15, 0.2) is 0 Å². The van der Waals surface area contributed by atoms with Crippen molar-refractivity contribution in [3.63, 3.8) is 0 Å². The molecule has 1 N–H and O–H groups in total. The molecule has 3 heterocycles. The third-order valence-electron chi connectivity index (χ3n) is 5.42. The van der Waals surface area contributed by atoms with Gasteiger partial charge in [0.1, 0.15) is 11.9 Å². The van der Waals surface area contributed by atoms with Gasteiger partial charge in [-0.25, -0.2) is 9.97 Å². The fourth-order valence-corrected chi connectivity index (χ4v) is 3.93. The Morgan fingerprint density at radius 1 is 1.08 bits per heavy atom. The Bertz CT molecular complexity index is 713. The molecule has 0 radical (unpaired) electrons. The maximum atomic E-state index is 12.6. The number of carbonyl (C=O) groups is 1. The number of carbonyl (C=O) groups excluding carboxylic acids is 1. The molecule has 25 heavy (non-hydrogen) atoms. The van der Waals surface area contributed by atoms with Gasteiger partial charge in [0.25, 0.3) is 0 Å². The van der Waals surface area contributed by atoms with E-state index in [1.807, 2.05) is 30.6 Å². The highest BCUT2D eigenvalue weighted by Crippen LogP contribution is 2.36. The zero-order chi connectivity index (χ0) is 17.1. The summed E-state index contributed by atoms with van der Waals surface area (Å²) in [7, 11) is 0. The molecule has 1 amide bonds. The smallest absolute Gasteiger partial charge is 0.247 e. The van der Waals surface area contributed by atoms with Crippen LogP contribution in [0.2, 0.25) is 0 Å². The van der Waals surface area contributed by atoms with Gasteiger partial charge < -0.3 is 15.1 Å². The number of hydrogen-bond acceptors (Lipinski definition) is 5. The van der Waals surface area contributed by atoms with Crippen molar-refractivity contribution in [2.45, 2.75) is 24.8 Å². The van der Waals surface area contributed by atoms with E-state index in [9.17, 15) is 4.79 Å². The Hall–Kier alpha value is -2.47. The van der Waals surface area contributed by atoms with Gasteiger partial charge in [0.2, 0.25) is 5.91 Å². The average molecular weight is 337 g/mol. The fraction of sp³-hybridized carbons (Fsp3) is 0.421. The molecule has 130 valence electrons. The Labute approximate surface area is 147 Å². The number of para-hydroxylation sites is 1. The molecule has 6 heteroatoms. The molecule has 1 aromatic carbocycles. The minimum Gasteiger partial charge on any atom is -0.339 e. The molecule has 1 spiro atoms. The molecule has 4 rings (SSSR count). The van der Waals surface area contributed by atoms with Crippen molar-refractivity contribution in [2.24, 2.45) is 0 Å². The van der Waals surface area contributed by atoms with Crippen molar-refractivity contribution in [3.8, 4) is 0 Å². The summed E-state index contributed by atoms with van der Waals surface area (Å²) in [6.45, 7) is 3.45. The van der Waals surface area contributed by atoms with E-state index in [4.69, 9.17) is 0 Å². The van der Waals surface area contributed by atoms with Crippen molar-refractivity contribution in [2.75, 3.05) is 31.2 Å². The molecule has 0 unspecified atom stereocenters. The van der Waals surface area contributed by atoms with Gasteiger partial charge in [0, 0.05) is 37.7 Å². The number of hydrogen-bond donors (Lipinski definition) is 1. The number of piperidine rings is 1. The van der Waals surface area contributed by atoms with Crippen molar-refractivity contribution in [3.05, 3.63) is 54.6 Å². The molecule has 0 aliphatic carbocycles. The van der Waals surface area contributed by atoms with E-state index in [1.54, 1.807) is 6.33 Å². The van der Waals surface area contributed by atoms with Gasteiger partial charge in [-0.05, 0) is 37.0 Å². The van der Waals surface area contributed by atoms with E-state index in [2.05, 4.69) is 37.2 Å². The molecule has 0 atom stereocenters. The van der Waals surface area contributed by atoms with Crippen LogP contribution in [0.3, 0.4) is 0 Å². The summed E-state index contributed by atoms with van der Waals surface area (Å²) in [5.41, 5.74) is 1.89. The lowest BCUT2D eigenvalue weighted by molar-refractivity contribution is -0.125. The number of nitrogens with zero attached hydrogens (tertiary/aromatic N) is 4. The lowest BCUT2D eigenvalue weighted by Crippen LogP contribution is -2.56. The van der Waals surface area contributed by atoms with Crippen LogP contribution in [0.1, 0.15) is 18.4 Å². The highest BCUT2D eigenvalue weighted by atomic mass is 16.2. The van der Waals surface area contributed by atoms with Crippen molar-refractivity contribution >= 4 is 11.6 Å². The molecule has 2 fully saturated rings. The molecule has 2 aliphatic rings. The predicted octanol–water partition coefficient (Wildman–Crippen LogP) is 1.45. The predicted molar refractivity (Wildman–Crippen MR) is 96.1 cm³/mol. The van der Waals surface area contributed by atoms with Crippen molar-refractivity contribution < 1.29 is 4.79 Å². The molecule has 2 aromatic rings. The second-order valence-electron chi connectivity index (χ2n) is 6.80. The Kier molecular flexibility index (Phi) is 4.36. The number of nitrogens with one attached hydrogen (secondary N) is 1. The van der Waals surface area contributed by atoms with Crippen LogP contribution < -0.4 is 10.2 Å². The highest BCUT2D eigenvalue weighted by Gasteiger charge is 2.50. The first kappa shape index (κ1) is 16.0. The summed E-state index contributed by atoms with van der Waals surface area (Å²) < 4.78 is 0. The van der Waals surface area contributed by atoms with E-state index in [1.165, 1.54) is 0 Å². The number of aromatic nitrogens is 2. The van der Waals surface area contributed by atoms with Gasteiger partial charge in [-0.15, -0.1) is 0 Å². The van der Waals surface area contributed by atoms with Gasteiger partial charge in [0.05, 0.1) is 6.67 Å². The van der Waals surface area contributed by atoms with E-state index in [-0.39, 0.29) is 5.91 Å². The van der Waals surface area contributed by atoms with E-state index < -0.39 is 5.54 Å². The molecule has 2 aliphatic heterocycles. The van der Waals surface area contributed by atoms with E-state index >= 15 is 0 Å². The minimum absolute atomic E-state index is 0.174. The first-order valence-corrected chi connectivity index (χ1v) is 8.85. The summed E-state index contributed by atoms with van der Waals surface area (Å²) in [4.78, 5) is 25.5.